The molecule has 0 saturated heterocycles. The van der Waals surface area contributed by atoms with Crippen molar-refractivity contribution in [3.05, 3.63) is 35.4 Å². The summed E-state index contributed by atoms with van der Waals surface area (Å²) in [6.45, 7) is 2.31. The molecule has 0 saturated carbocycles. The summed E-state index contributed by atoms with van der Waals surface area (Å²) in [5.41, 5.74) is 7.43. The van der Waals surface area contributed by atoms with E-state index in [1.807, 2.05) is 24.3 Å². The molecule has 1 aromatic rings. The Morgan fingerprint density at radius 2 is 1.86 bits per heavy atom. The van der Waals surface area contributed by atoms with E-state index >= 15 is 0 Å². The third-order valence-corrected chi connectivity index (χ3v) is 2.36. The third-order valence-electron chi connectivity index (χ3n) is 2.36. The topological polar surface area (TPSA) is 26.0 Å². The Bertz CT molecular complexity index is 254. The van der Waals surface area contributed by atoms with Crippen LogP contribution >= 0.6 is 0 Å². The van der Waals surface area contributed by atoms with Gasteiger partial charge in [-0.2, -0.15) is 0 Å². The van der Waals surface area contributed by atoms with Crippen LogP contribution in [0.4, 0.5) is 4.39 Å². The third kappa shape index (κ3) is 3.46. The van der Waals surface area contributed by atoms with Gasteiger partial charge in [0.15, 0.2) is 0 Å². The summed E-state index contributed by atoms with van der Waals surface area (Å²) in [5, 5.41) is 0. The van der Waals surface area contributed by atoms with Gasteiger partial charge in [-0.3, -0.25) is 0 Å². The van der Waals surface area contributed by atoms with Crippen LogP contribution in [-0.2, 0) is 6.42 Å². The highest BCUT2D eigenvalue weighted by atomic mass is 19.1. The molecule has 1 aromatic carbocycles. The van der Waals surface area contributed by atoms with Gasteiger partial charge in [-0.05, 0) is 43.9 Å². The molecule has 0 fully saturated rings. The predicted molar refractivity (Wildman–Crippen MR) is 58.0 cm³/mol. The van der Waals surface area contributed by atoms with E-state index in [9.17, 15) is 4.39 Å². The molecule has 1 rings (SSSR count). The van der Waals surface area contributed by atoms with Gasteiger partial charge in [0.1, 0.15) is 6.17 Å². The summed E-state index contributed by atoms with van der Waals surface area (Å²) in [6.07, 6.45) is 2.34. The second-order valence-corrected chi connectivity index (χ2v) is 3.60. The minimum Gasteiger partial charge on any atom is -0.330 e. The molecule has 78 valence electrons. The summed E-state index contributed by atoms with van der Waals surface area (Å²) < 4.78 is 12.9. The minimum atomic E-state index is -0.868. The lowest BCUT2D eigenvalue weighted by molar-refractivity contribution is 0.374. The Kier molecular flexibility index (Phi) is 4.60. The van der Waals surface area contributed by atoms with Crippen molar-refractivity contribution >= 4 is 0 Å². The summed E-state index contributed by atoms with van der Waals surface area (Å²) in [4.78, 5) is 0. The highest BCUT2D eigenvalue weighted by Gasteiger charge is 2.01. The van der Waals surface area contributed by atoms with Crippen molar-refractivity contribution in [3.63, 3.8) is 0 Å². The molecular weight excluding hydrogens is 177 g/mol. The van der Waals surface area contributed by atoms with E-state index in [4.69, 9.17) is 5.73 Å². The van der Waals surface area contributed by atoms with E-state index in [1.165, 1.54) is 5.56 Å². The average molecular weight is 195 g/mol. The fourth-order valence-corrected chi connectivity index (χ4v) is 1.42. The first-order valence-corrected chi connectivity index (χ1v) is 5.17. The van der Waals surface area contributed by atoms with Crippen LogP contribution in [0, 0.1) is 0 Å². The highest BCUT2D eigenvalue weighted by Crippen LogP contribution is 2.17. The zero-order valence-electron chi connectivity index (χ0n) is 8.67. The number of benzene rings is 1. The van der Waals surface area contributed by atoms with Gasteiger partial charge in [0.25, 0.3) is 0 Å². The summed E-state index contributed by atoms with van der Waals surface area (Å²) in [6, 6.07) is 7.73. The Hall–Kier alpha value is -0.890. The summed E-state index contributed by atoms with van der Waals surface area (Å²) in [5.74, 6) is 0. The highest BCUT2D eigenvalue weighted by molar-refractivity contribution is 5.23. The zero-order valence-corrected chi connectivity index (χ0v) is 8.67. The number of unbranched alkanes of at least 4 members (excludes halogenated alkanes) is 1. The van der Waals surface area contributed by atoms with Crippen LogP contribution in [0.1, 0.15) is 37.1 Å². The molecule has 0 aliphatic carbocycles. The Morgan fingerprint density at radius 1 is 1.21 bits per heavy atom. The maximum atomic E-state index is 12.9. The van der Waals surface area contributed by atoms with Crippen LogP contribution in [0.2, 0.25) is 0 Å². The number of hydrogen-bond donors (Lipinski definition) is 1. The Morgan fingerprint density at radius 3 is 2.36 bits per heavy atom. The van der Waals surface area contributed by atoms with Crippen molar-refractivity contribution in [2.24, 2.45) is 5.73 Å². The van der Waals surface area contributed by atoms with E-state index in [1.54, 1.807) is 6.92 Å². The van der Waals surface area contributed by atoms with Gasteiger partial charge in [0, 0.05) is 0 Å². The molecule has 0 amide bonds. The van der Waals surface area contributed by atoms with Gasteiger partial charge >= 0.3 is 0 Å². The van der Waals surface area contributed by atoms with Gasteiger partial charge < -0.3 is 5.73 Å². The first-order valence-electron chi connectivity index (χ1n) is 5.17. The number of halogens is 1. The lowest BCUT2D eigenvalue weighted by atomic mass is 10.0. The Labute approximate surface area is 85.1 Å². The van der Waals surface area contributed by atoms with Crippen LogP contribution in [0.15, 0.2) is 24.3 Å². The van der Waals surface area contributed by atoms with E-state index < -0.39 is 6.17 Å². The van der Waals surface area contributed by atoms with Crippen molar-refractivity contribution < 1.29 is 4.39 Å². The number of aryl methyl sites for hydroxylation is 1. The number of alkyl halides is 1. The van der Waals surface area contributed by atoms with E-state index in [-0.39, 0.29) is 0 Å². The molecule has 1 atom stereocenters. The molecule has 0 heterocycles. The van der Waals surface area contributed by atoms with Gasteiger partial charge in [-0.15, -0.1) is 0 Å². The van der Waals surface area contributed by atoms with Crippen LogP contribution in [0.3, 0.4) is 0 Å². The van der Waals surface area contributed by atoms with Gasteiger partial charge in [0.05, 0.1) is 0 Å². The standard InChI is InChI=1S/C12H18FN/c1-10(13)12-7-5-11(6-8-12)4-2-3-9-14/h5-8,10H,2-4,9,14H2,1H3. The summed E-state index contributed by atoms with van der Waals surface area (Å²) in [7, 11) is 0. The van der Waals surface area contributed by atoms with Gasteiger partial charge in [-0.25, -0.2) is 4.39 Å². The predicted octanol–water partition coefficient (Wildman–Crippen LogP) is 3.00. The van der Waals surface area contributed by atoms with Crippen molar-refractivity contribution in [3.8, 4) is 0 Å². The van der Waals surface area contributed by atoms with Crippen molar-refractivity contribution in [2.75, 3.05) is 6.54 Å². The van der Waals surface area contributed by atoms with E-state index in [2.05, 4.69) is 0 Å². The maximum Gasteiger partial charge on any atom is 0.122 e. The second kappa shape index (κ2) is 5.76. The molecule has 0 radical (unpaired) electrons. The van der Waals surface area contributed by atoms with Crippen molar-refractivity contribution in [1.82, 2.24) is 0 Å². The first kappa shape index (κ1) is 11.2. The van der Waals surface area contributed by atoms with Crippen molar-refractivity contribution in [1.29, 1.82) is 0 Å². The van der Waals surface area contributed by atoms with Gasteiger partial charge in [-0.1, -0.05) is 24.3 Å². The average Bonchev–Trinajstić information content (AvgIpc) is 2.19. The molecule has 0 spiro atoms. The fraction of sp³-hybridized carbons (Fsp3) is 0.500. The first-order chi connectivity index (χ1) is 6.74. The fourth-order valence-electron chi connectivity index (χ4n) is 1.42. The lowest BCUT2D eigenvalue weighted by Crippen LogP contribution is -1.99. The molecule has 2 heteroatoms. The van der Waals surface area contributed by atoms with Crippen LogP contribution in [-0.4, -0.2) is 6.54 Å². The molecule has 1 nitrogen and oxygen atoms in total. The maximum absolute atomic E-state index is 12.9. The van der Waals surface area contributed by atoms with Gasteiger partial charge in [0.2, 0.25) is 0 Å². The van der Waals surface area contributed by atoms with E-state index in [0.717, 1.165) is 31.4 Å². The smallest absolute Gasteiger partial charge is 0.122 e. The lowest BCUT2D eigenvalue weighted by Gasteiger charge is -2.04. The SMILES string of the molecule is CC(F)c1ccc(CCCCN)cc1. The van der Waals surface area contributed by atoms with Crippen LogP contribution < -0.4 is 5.73 Å². The monoisotopic (exact) mass is 195 g/mol. The minimum absolute atomic E-state index is 0.750. The Balaban J connectivity index is 2.47. The molecule has 0 aromatic heterocycles. The number of hydrogen-bond acceptors (Lipinski definition) is 1. The van der Waals surface area contributed by atoms with E-state index in [0.29, 0.717) is 0 Å². The largest absolute Gasteiger partial charge is 0.330 e. The molecule has 0 aliphatic rings. The van der Waals surface area contributed by atoms with Crippen LogP contribution in [0.25, 0.3) is 0 Å². The zero-order chi connectivity index (χ0) is 10.4. The molecule has 14 heavy (non-hydrogen) atoms. The number of nitrogens with two attached hydrogens (primary N) is 1. The van der Waals surface area contributed by atoms with Crippen LogP contribution in [0.5, 0.6) is 0 Å². The second-order valence-electron chi connectivity index (χ2n) is 3.60. The molecule has 2 N–H and O–H groups in total. The molecule has 0 bridgehead atoms. The normalized spacial score (nSPS) is 12.8. The summed E-state index contributed by atoms with van der Waals surface area (Å²) >= 11 is 0. The quantitative estimate of drug-likeness (QED) is 0.718. The van der Waals surface area contributed by atoms with Crippen molar-refractivity contribution in [2.45, 2.75) is 32.4 Å². The number of rotatable bonds is 5. The molecule has 1 unspecified atom stereocenters. The molecular formula is C12H18FN. The molecule has 0 aliphatic heterocycles.